The molecule has 1 atom stereocenters. The number of aliphatic hydroxyl groups is 1. The Kier molecular flexibility index (Phi) is 7.51. The van der Waals surface area contributed by atoms with Crippen LogP contribution in [0.3, 0.4) is 0 Å². The average molecular weight is 411 g/mol. The van der Waals surface area contributed by atoms with E-state index in [9.17, 15) is 14.8 Å². The van der Waals surface area contributed by atoms with Crippen molar-refractivity contribution in [3.8, 4) is 5.75 Å². The minimum absolute atomic E-state index is 0.0304. The first kappa shape index (κ1) is 21.9. The molecule has 158 valence electrons. The zero-order valence-corrected chi connectivity index (χ0v) is 16.9. The van der Waals surface area contributed by atoms with Gasteiger partial charge in [-0.25, -0.2) is 0 Å². The summed E-state index contributed by atoms with van der Waals surface area (Å²) in [5.74, 6) is -0.519. The van der Waals surface area contributed by atoms with Gasteiger partial charge < -0.3 is 29.2 Å². The number of carbonyl (C=O) groups is 1. The maximum absolute atomic E-state index is 12.9. The van der Waals surface area contributed by atoms with Crippen molar-refractivity contribution >= 4 is 24.0 Å². The van der Waals surface area contributed by atoms with Gasteiger partial charge in [-0.15, -0.1) is 0 Å². The maximum atomic E-state index is 12.9. The van der Waals surface area contributed by atoms with Gasteiger partial charge in [0, 0.05) is 31.0 Å². The highest BCUT2D eigenvalue weighted by molar-refractivity contribution is 6.43. The normalized spacial score (nSPS) is 12.0. The standard InChI is InChI=1S/C22H26BNO6/c1-24(22(26)14-16-7-2-4-9-19(16)29-12-6-11-25)21(23(27)28)13-17-15-30-20-10-5-3-8-18(17)20/h2-5,7-10,15,21,25,27-28H,6,11-14H2,1H3/t21-/m0/s1. The molecule has 0 bridgehead atoms. The van der Waals surface area contributed by atoms with Gasteiger partial charge in [0.2, 0.25) is 5.91 Å². The van der Waals surface area contributed by atoms with Crippen LogP contribution in [0.4, 0.5) is 0 Å². The lowest BCUT2D eigenvalue weighted by Crippen LogP contribution is -2.49. The second-order valence-electron chi connectivity index (χ2n) is 7.16. The van der Waals surface area contributed by atoms with Crippen molar-refractivity contribution in [2.24, 2.45) is 0 Å². The Bertz CT molecular complexity index is 973. The van der Waals surface area contributed by atoms with Crippen molar-refractivity contribution in [1.29, 1.82) is 0 Å². The maximum Gasteiger partial charge on any atom is 0.476 e. The lowest BCUT2D eigenvalue weighted by molar-refractivity contribution is -0.130. The number of ether oxygens (including phenoxy) is 1. The number of carbonyl (C=O) groups excluding carboxylic acids is 1. The van der Waals surface area contributed by atoms with E-state index in [0.29, 0.717) is 29.9 Å². The van der Waals surface area contributed by atoms with Crippen LogP contribution < -0.4 is 4.74 Å². The lowest BCUT2D eigenvalue weighted by Gasteiger charge is -2.28. The number of rotatable bonds is 10. The summed E-state index contributed by atoms with van der Waals surface area (Å²) in [4.78, 5) is 14.3. The monoisotopic (exact) mass is 411 g/mol. The molecular weight excluding hydrogens is 385 g/mol. The molecule has 30 heavy (non-hydrogen) atoms. The van der Waals surface area contributed by atoms with E-state index >= 15 is 0 Å². The van der Waals surface area contributed by atoms with Crippen LogP contribution in [0.5, 0.6) is 5.75 Å². The fraction of sp³-hybridized carbons (Fsp3) is 0.318. The molecular formula is C22H26BNO6. The number of benzene rings is 2. The number of likely N-dealkylation sites (N-methyl/N-ethyl adjacent to an activating group) is 1. The van der Waals surface area contributed by atoms with E-state index in [0.717, 1.165) is 10.9 Å². The largest absolute Gasteiger partial charge is 0.493 e. The van der Waals surface area contributed by atoms with Crippen molar-refractivity contribution in [3.63, 3.8) is 0 Å². The summed E-state index contributed by atoms with van der Waals surface area (Å²) < 4.78 is 11.2. The first-order valence-electron chi connectivity index (χ1n) is 9.89. The molecule has 8 heteroatoms. The highest BCUT2D eigenvalue weighted by Gasteiger charge is 2.32. The molecule has 0 aliphatic rings. The highest BCUT2D eigenvalue weighted by atomic mass is 16.5. The highest BCUT2D eigenvalue weighted by Crippen LogP contribution is 2.24. The predicted molar refractivity (Wildman–Crippen MR) is 114 cm³/mol. The Labute approximate surface area is 175 Å². The number of fused-ring (bicyclic) bond motifs is 1. The molecule has 7 nitrogen and oxygen atoms in total. The van der Waals surface area contributed by atoms with Crippen LogP contribution in [0.15, 0.2) is 59.2 Å². The minimum Gasteiger partial charge on any atom is -0.493 e. The van der Waals surface area contributed by atoms with Gasteiger partial charge in [0.1, 0.15) is 11.3 Å². The number of para-hydroxylation sites is 2. The van der Waals surface area contributed by atoms with Crippen molar-refractivity contribution in [1.82, 2.24) is 4.90 Å². The minimum atomic E-state index is -1.70. The molecule has 0 radical (unpaired) electrons. The molecule has 0 aliphatic heterocycles. The van der Waals surface area contributed by atoms with Crippen molar-refractivity contribution < 1.29 is 29.1 Å². The van der Waals surface area contributed by atoms with E-state index in [1.54, 1.807) is 25.4 Å². The first-order chi connectivity index (χ1) is 14.5. The summed E-state index contributed by atoms with van der Waals surface area (Å²) >= 11 is 0. The summed E-state index contributed by atoms with van der Waals surface area (Å²) in [6.45, 7) is 0.381. The van der Waals surface area contributed by atoms with Crippen molar-refractivity contribution in [2.75, 3.05) is 20.3 Å². The number of nitrogens with zero attached hydrogens (tertiary/aromatic N) is 1. The summed E-state index contributed by atoms with van der Waals surface area (Å²) in [5.41, 5.74) is 2.21. The van der Waals surface area contributed by atoms with E-state index in [-0.39, 0.29) is 25.4 Å². The Morgan fingerprint density at radius 1 is 1.13 bits per heavy atom. The molecule has 0 aliphatic carbocycles. The molecule has 2 aromatic carbocycles. The van der Waals surface area contributed by atoms with Crippen LogP contribution in [0.25, 0.3) is 11.0 Å². The lowest BCUT2D eigenvalue weighted by atomic mass is 9.74. The summed E-state index contributed by atoms with van der Waals surface area (Å²) in [7, 11) is -0.145. The Hall–Kier alpha value is -2.81. The zero-order chi connectivity index (χ0) is 21.5. The van der Waals surface area contributed by atoms with Gasteiger partial charge in [0.05, 0.1) is 25.2 Å². The van der Waals surface area contributed by atoms with E-state index in [1.807, 2.05) is 36.4 Å². The molecule has 3 N–H and O–H groups in total. The molecule has 1 amide bonds. The third kappa shape index (κ3) is 5.21. The fourth-order valence-electron chi connectivity index (χ4n) is 3.37. The van der Waals surface area contributed by atoms with Gasteiger partial charge in [-0.3, -0.25) is 4.79 Å². The molecule has 0 unspecified atom stereocenters. The predicted octanol–water partition coefficient (Wildman–Crippen LogP) is 1.82. The van der Waals surface area contributed by atoms with Gasteiger partial charge in [0.25, 0.3) is 0 Å². The van der Waals surface area contributed by atoms with Crippen LogP contribution in [-0.4, -0.2) is 59.3 Å². The van der Waals surface area contributed by atoms with Crippen molar-refractivity contribution in [2.45, 2.75) is 25.2 Å². The van der Waals surface area contributed by atoms with Gasteiger partial charge in [0.15, 0.2) is 0 Å². The molecule has 3 rings (SSSR count). The van der Waals surface area contributed by atoms with Crippen LogP contribution in [0.2, 0.25) is 0 Å². The Morgan fingerprint density at radius 3 is 2.63 bits per heavy atom. The topological polar surface area (TPSA) is 103 Å². The van der Waals surface area contributed by atoms with Gasteiger partial charge in [-0.05, 0) is 24.1 Å². The molecule has 0 saturated heterocycles. The second kappa shape index (κ2) is 10.3. The fourth-order valence-corrected chi connectivity index (χ4v) is 3.37. The number of hydrogen-bond acceptors (Lipinski definition) is 6. The van der Waals surface area contributed by atoms with E-state index in [1.165, 1.54) is 4.90 Å². The molecule has 0 fully saturated rings. The number of aliphatic hydroxyl groups excluding tert-OH is 1. The average Bonchev–Trinajstić information content (AvgIpc) is 3.15. The molecule has 1 heterocycles. The van der Waals surface area contributed by atoms with Crippen LogP contribution >= 0.6 is 0 Å². The molecule has 0 spiro atoms. The summed E-state index contributed by atoms with van der Waals surface area (Å²) in [6, 6.07) is 14.7. The number of furan rings is 1. The van der Waals surface area contributed by atoms with Crippen molar-refractivity contribution in [3.05, 3.63) is 65.9 Å². The van der Waals surface area contributed by atoms with Gasteiger partial charge in [-0.1, -0.05) is 36.4 Å². The smallest absolute Gasteiger partial charge is 0.476 e. The van der Waals surface area contributed by atoms with E-state index < -0.39 is 13.1 Å². The summed E-state index contributed by atoms with van der Waals surface area (Å²) in [6.07, 6.45) is 2.38. The molecule has 0 saturated carbocycles. The van der Waals surface area contributed by atoms with Crippen LogP contribution in [0.1, 0.15) is 17.5 Å². The second-order valence-corrected chi connectivity index (χ2v) is 7.16. The quantitative estimate of drug-likeness (QED) is 0.347. The first-order valence-corrected chi connectivity index (χ1v) is 9.89. The van der Waals surface area contributed by atoms with E-state index in [2.05, 4.69) is 0 Å². The third-order valence-corrected chi connectivity index (χ3v) is 5.10. The third-order valence-electron chi connectivity index (χ3n) is 5.10. The van der Waals surface area contributed by atoms with Gasteiger partial charge >= 0.3 is 7.12 Å². The van der Waals surface area contributed by atoms with Crippen LogP contribution in [-0.2, 0) is 17.6 Å². The number of amides is 1. The Morgan fingerprint density at radius 2 is 1.87 bits per heavy atom. The SMILES string of the molecule is CN(C(=O)Cc1ccccc1OCCCO)[C@@H](Cc1coc2ccccc12)B(O)O. The summed E-state index contributed by atoms with van der Waals surface area (Å²) in [5, 5.41) is 29.7. The van der Waals surface area contributed by atoms with Gasteiger partial charge in [-0.2, -0.15) is 0 Å². The van der Waals surface area contributed by atoms with E-state index in [4.69, 9.17) is 14.3 Å². The number of hydrogen-bond donors (Lipinski definition) is 3. The Balaban J connectivity index is 1.73. The van der Waals surface area contributed by atoms with Crippen LogP contribution in [0, 0.1) is 0 Å². The zero-order valence-electron chi connectivity index (χ0n) is 16.9. The molecule has 3 aromatic rings. The molecule has 1 aromatic heterocycles.